The Kier molecular flexibility index (Phi) is 5.67. The van der Waals surface area contributed by atoms with Gasteiger partial charge in [-0.3, -0.25) is 0 Å². The zero-order valence-electron chi connectivity index (χ0n) is 22.1. The van der Waals surface area contributed by atoms with E-state index in [1.165, 1.54) is 55.1 Å². The number of nitrogens with zero attached hydrogens (tertiary/aromatic N) is 2. The van der Waals surface area contributed by atoms with Gasteiger partial charge in [-0.1, -0.05) is 91.5 Å². The average Bonchev–Trinajstić information content (AvgIpc) is 3.49. The second-order valence-electron chi connectivity index (χ2n) is 10.1. The Hall–Kier alpha value is -4.82. The SMILES string of the molecule is C=Cc1c(/C=C\C)n(-c2ccc3c(c2)c2ccccc2n3C2=CC=C(c3ccccc3)CC2)c2ccccc12. The molecule has 2 aromatic heterocycles. The van der Waals surface area contributed by atoms with Crippen LogP contribution in [0.4, 0.5) is 0 Å². The molecule has 0 atom stereocenters. The summed E-state index contributed by atoms with van der Waals surface area (Å²) >= 11 is 0. The molecule has 0 fully saturated rings. The molecule has 0 spiro atoms. The maximum Gasteiger partial charge on any atom is 0.0541 e. The lowest BCUT2D eigenvalue weighted by Gasteiger charge is -2.18. The van der Waals surface area contributed by atoms with E-state index < -0.39 is 0 Å². The monoisotopic (exact) mass is 502 g/mol. The summed E-state index contributed by atoms with van der Waals surface area (Å²) in [5.74, 6) is 0. The third-order valence-corrected chi connectivity index (χ3v) is 7.95. The first-order valence-electron chi connectivity index (χ1n) is 13.7. The molecule has 0 radical (unpaired) electrons. The molecule has 0 amide bonds. The van der Waals surface area contributed by atoms with Crippen LogP contribution in [0.3, 0.4) is 0 Å². The van der Waals surface area contributed by atoms with Crippen molar-refractivity contribution in [2.75, 3.05) is 0 Å². The van der Waals surface area contributed by atoms with Crippen molar-refractivity contribution in [1.29, 1.82) is 0 Å². The third kappa shape index (κ3) is 3.72. The van der Waals surface area contributed by atoms with Crippen LogP contribution in [-0.2, 0) is 0 Å². The molecule has 39 heavy (non-hydrogen) atoms. The van der Waals surface area contributed by atoms with Gasteiger partial charge in [0.2, 0.25) is 0 Å². The van der Waals surface area contributed by atoms with Crippen molar-refractivity contribution in [3.8, 4) is 5.69 Å². The smallest absolute Gasteiger partial charge is 0.0541 e. The van der Waals surface area contributed by atoms with Crippen LogP contribution in [0.1, 0.15) is 36.6 Å². The van der Waals surface area contributed by atoms with Crippen molar-refractivity contribution in [1.82, 2.24) is 9.13 Å². The normalized spacial score (nSPS) is 13.9. The van der Waals surface area contributed by atoms with Gasteiger partial charge in [-0.25, -0.2) is 0 Å². The van der Waals surface area contributed by atoms with Crippen LogP contribution in [0.2, 0.25) is 0 Å². The van der Waals surface area contributed by atoms with Crippen LogP contribution in [0.5, 0.6) is 0 Å². The maximum atomic E-state index is 4.14. The minimum Gasteiger partial charge on any atom is -0.313 e. The molecule has 7 rings (SSSR count). The van der Waals surface area contributed by atoms with Crippen molar-refractivity contribution >= 4 is 56.1 Å². The Balaban J connectivity index is 1.44. The molecule has 0 bridgehead atoms. The summed E-state index contributed by atoms with van der Waals surface area (Å²) in [6, 6.07) is 35.0. The Morgan fingerprint density at radius 3 is 2.08 bits per heavy atom. The average molecular weight is 503 g/mol. The second-order valence-corrected chi connectivity index (χ2v) is 10.1. The van der Waals surface area contributed by atoms with Gasteiger partial charge in [-0.15, -0.1) is 0 Å². The van der Waals surface area contributed by atoms with E-state index in [4.69, 9.17) is 0 Å². The van der Waals surface area contributed by atoms with Crippen molar-refractivity contribution in [2.24, 2.45) is 0 Å². The molecule has 1 aliphatic rings. The highest BCUT2D eigenvalue weighted by molar-refractivity contribution is 6.11. The highest BCUT2D eigenvalue weighted by atomic mass is 15.0. The highest BCUT2D eigenvalue weighted by Crippen LogP contribution is 2.38. The zero-order valence-corrected chi connectivity index (χ0v) is 22.1. The number of allylic oxidation sites excluding steroid dienone is 5. The predicted octanol–water partition coefficient (Wildman–Crippen LogP) is 10.1. The number of para-hydroxylation sites is 2. The van der Waals surface area contributed by atoms with Gasteiger partial charge in [0.15, 0.2) is 0 Å². The van der Waals surface area contributed by atoms with E-state index >= 15 is 0 Å². The molecule has 0 saturated carbocycles. The number of hydrogen-bond donors (Lipinski definition) is 0. The van der Waals surface area contributed by atoms with E-state index in [1.807, 2.05) is 6.08 Å². The van der Waals surface area contributed by atoms with Crippen LogP contribution in [0.25, 0.3) is 61.8 Å². The second kappa shape index (κ2) is 9.49. The lowest BCUT2D eigenvalue weighted by Crippen LogP contribution is -2.01. The molecule has 2 nitrogen and oxygen atoms in total. The Labute approximate surface area is 229 Å². The number of hydrogen-bond acceptors (Lipinski definition) is 0. The van der Waals surface area contributed by atoms with Crippen molar-refractivity contribution in [3.63, 3.8) is 0 Å². The van der Waals surface area contributed by atoms with Gasteiger partial charge in [-0.05, 0) is 73.4 Å². The van der Waals surface area contributed by atoms with E-state index in [9.17, 15) is 0 Å². The number of benzene rings is 4. The first kappa shape index (κ1) is 23.3. The Morgan fingerprint density at radius 1 is 0.667 bits per heavy atom. The molecule has 0 N–H and O–H groups in total. The van der Waals surface area contributed by atoms with Gasteiger partial charge in [0.25, 0.3) is 0 Å². The Bertz CT molecular complexity index is 1970. The fourth-order valence-corrected chi connectivity index (χ4v) is 6.21. The van der Waals surface area contributed by atoms with E-state index in [0.717, 1.165) is 24.2 Å². The molecule has 2 heterocycles. The molecule has 2 heteroatoms. The molecule has 0 unspecified atom stereocenters. The fourth-order valence-electron chi connectivity index (χ4n) is 6.21. The standard InChI is InChI=1S/C37H30N2/c1-3-12-34-30(4-2)31-15-8-10-17-35(31)39(34)29-23-24-37-33(25-29)32-16-9-11-18-36(32)38(37)28-21-19-27(20-22-28)26-13-6-5-7-14-26/h3-19,21,23-25H,2,20,22H2,1H3/b12-3-. The van der Waals surface area contributed by atoms with Gasteiger partial charge < -0.3 is 9.13 Å². The van der Waals surface area contributed by atoms with Crippen molar-refractivity contribution < 1.29 is 0 Å². The number of fused-ring (bicyclic) bond motifs is 4. The summed E-state index contributed by atoms with van der Waals surface area (Å²) in [5, 5.41) is 3.77. The lowest BCUT2D eigenvalue weighted by atomic mass is 9.96. The summed E-state index contributed by atoms with van der Waals surface area (Å²) in [7, 11) is 0. The van der Waals surface area contributed by atoms with Crippen LogP contribution in [-0.4, -0.2) is 9.13 Å². The van der Waals surface area contributed by atoms with Gasteiger partial charge in [0.1, 0.15) is 0 Å². The summed E-state index contributed by atoms with van der Waals surface area (Å²) in [5.41, 5.74) is 11.2. The van der Waals surface area contributed by atoms with Gasteiger partial charge in [0.05, 0.1) is 22.2 Å². The molecular formula is C37H30N2. The van der Waals surface area contributed by atoms with Crippen LogP contribution in [0.15, 0.2) is 122 Å². The first-order chi connectivity index (χ1) is 19.3. The molecule has 188 valence electrons. The maximum absolute atomic E-state index is 4.14. The van der Waals surface area contributed by atoms with E-state index in [-0.39, 0.29) is 0 Å². The molecule has 0 saturated heterocycles. The quantitative estimate of drug-likeness (QED) is 0.222. The highest BCUT2D eigenvalue weighted by Gasteiger charge is 2.19. The fraction of sp³-hybridized carbons (Fsp3) is 0.0811. The molecular weight excluding hydrogens is 472 g/mol. The molecule has 6 aromatic rings. The summed E-state index contributed by atoms with van der Waals surface area (Å²) in [6.07, 6.45) is 12.9. The lowest BCUT2D eigenvalue weighted by molar-refractivity contribution is 0.992. The van der Waals surface area contributed by atoms with Crippen LogP contribution < -0.4 is 0 Å². The Morgan fingerprint density at radius 2 is 1.36 bits per heavy atom. The third-order valence-electron chi connectivity index (χ3n) is 7.95. The van der Waals surface area contributed by atoms with Crippen molar-refractivity contribution in [3.05, 3.63) is 139 Å². The largest absolute Gasteiger partial charge is 0.313 e. The first-order valence-corrected chi connectivity index (χ1v) is 13.7. The summed E-state index contributed by atoms with van der Waals surface area (Å²) < 4.78 is 4.83. The molecule has 4 aromatic carbocycles. The number of aromatic nitrogens is 2. The van der Waals surface area contributed by atoms with Gasteiger partial charge >= 0.3 is 0 Å². The van der Waals surface area contributed by atoms with Crippen molar-refractivity contribution in [2.45, 2.75) is 19.8 Å². The van der Waals surface area contributed by atoms with Crippen LogP contribution in [0, 0.1) is 0 Å². The molecule has 1 aliphatic carbocycles. The predicted molar refractivity (Wildman–Crippen MR) is 169 cm³/mol. The number of rotatable bonds is 5. The topological polar surface area (TPSA) is 9.86 Å². The molecule has 0 aliphatic heterocycles. The zero-order chi connectivity index (χ0) is 26.3. The van der Waals surface area contributed by atoms with Crippen LogP contribution >= 0.6 is 0 Å². The van der Waals surface area contributed by atoms with Gasteiger partial charge in [-0.2, -0.15) is 0 Å². The van der Waals surface area contributed by atoms with Gasteiger partial charge in [0, 0.05) is 33.1 Å². The summed E-state index contributed by atoms with van der Waals surface area (Å²) in [6.45, 7) is 6.21. The minimum atomic E-state index is 1.01. The summed E-state index contributed by atoms with van der Waals surface area (Å²) in [4.78, 5) is 0. The minimum absolute atomic E-state index is 1.01. The van der Waals surface area contributed by atoms with E-state index in [1.54, 1.807) is 0 Å². The van der Waals surface area contributed by atoms with E-state index in [2.05, 4.69) is 144 Å². The van der Waals surface area contributed by atoms with E-state index in [0.29, 0.717) is 0 Å².